The molecule has 1 aliphatic rings. The third-order valence-electron chi connectivity index (χ3n) is 5.54. The summed E-state index contributed by atoms with van der Waals surface area (Å²) in [6.07, 6.45) is 2.51. The van der Waals surface area contributed by atoms with E-state index >= 15 is 0 Å². The van der Waals surface area contributed by atoms with Gasteiger partial charge in [0.2, 0.25) is 11.1 Å². The lowest BCUT2D eigenvalue weighted by Gasteiger charge is -2.28. The van der Waals surface area contributed by atoms with Crippen molar-refractivity contribution in [3.63, 3.8) is 0 Å². The Labute approximate surface area is 198 Å². The van der Waals surface area contributed by atoms with E-state index in [0.717, 1.165) is 17.7 Å². The first-order valence-corrected chi connectivity index (χ1v) is 12.0. The van der Waals surface area contributed by atoms with E-state index in [0.29, 0.717) is 22.4 Å². The molecule has 0 aliphatic carbocycles. The minimum absolute atomic E-state index is 0.152. The van der Waals surface area contributed by atoms with Crippen LogP contribution in [0.15, 0.2) is 77.6 Å². The van der Waals surface area contributed by atoms with Gasteiger partial charge in [0.25, 0.3) is 0 Å². The van der Waals surface area contributed by atoms with Crippen molar-refractivity contribution in [3.8, 4) is 0 Å². The van der Waals surface area contributed by atoms with E-state index in [9.17, 15) is 4.79 Å². The maximum absolute atomic E-state index is 13.0. The van der Waals surface area contributed by atoms with Crippen LogP contribution in [0.25, 0.3) is 0 Å². The van der Waals surface area contributed by atoms with Gasteiger partial charge in [0.1, 0.15) is 12.6 Å². The number of benzene rings is 2. The molecule has 0 fully saturated rings. The van der Waals surface area contributed by atoms with Crippen molar-refractivity contribution in [1.29, 1.82) is 0 Å². The Morgan fingerprint density at radius 2 is 2.00 bits per heavy atom. The molecule has 2 heterocycles. The fourth-order valence-electron chi connectivity index (χ4n) is 3.86. The third-order valence-corrected chi connectivity index (χ3v) is 6.45. The van der Waals surface area contributed by atoms with Gasteiger partial charge in [-0.15, -0.1) is 5.10 Å². The van der Waals surface area contributed by atoms with Gasteiger partial charge in [-0.25, -0.2) is 9.48 Å². The zero-order valence-corrected chi connectivity index (χ0v) is 20.0. The molecule has 0 radical (unpaired) electrons. The lowest BCUT2D eigenvalue weighted by atomic mass is 9.95. The molecule has 1 aromatic heterocycles. The summed E-state index contributed by atoms with van der Waals surface area (Å²) in [5.74, 6) is 0.991. The maximum atomic E-state index is 13.0. The van der Waals surface area contributed by atoms with E-state index in [4.69, 9.17) is 14.8 Å². The fourth-order valence-corrected chi connectivity index (χ4v) is 4.63. The number of nitrogens with zero attached hydrogens (tertiary/aromatic N) is 3. The Balaban J connectivity index is 1.68. The first-order chi connectivity index (χ1) is 16.0. The topological polar surface area (TPSA) is 69.0 Å². The van der Waals surface area contributed by atoms with Gasteiger partial charge in [-0.2, -0.15) is 4.98 Å². The number of esters is 1. The Hall–Kier alpha value is -3.32. The molecule has 7 heteroatoms. The molecule has 0 unspecified atom stereocenters. The molecule has 2 aromatic carbocycles. The molecular weight excluding hydrogens is 432 g/mol. The van der Waals surface area contributed by atoms with Gasteiger partial charge in [-0.05, 0) is 37.0 Å². The van der Waals surface area contributed by atoms with Crippen LogP contribution in [-0.2, 0) is 21.7 Å². The molecule has 6 nitrogen and oxygen atoms in total. The summed E-state index contributed by atoms with van der Waals surface area (Å²) in [7, 11) is 0. The first-order valence-electron chi connectivity index (χ1n) is 11.0. The molecule has 1 N–H and O–H groups in total. The number of fused-ring (bicyclic) bond motifs is 1. The van der Waals surface area contributed by atoms with E-state index in [1.165, 1.54) is 16.7 Å². The number of ether oxygens (including phenoxy) is 1. The number of hydrogen-bond acceptors (Lipinski definition) is 6. The number of aryl methyl sites for hydroxylation is 2. The Kier molecular flexibility index (Phi) is 6.99. The first kappa shape index (κ1) is 22.9. The average molecular weight is 461 g/mol. The van der Waals surface area contributed by atoms with E-state index in [1.807, 2.05) is 19.1 Å². The van der Waals surface area contributed by atoms with Crippen LogP contribution in [0.5, 0.6) is 0 Å². The number of aromatic nitrogens is 3. The third kappa shape index (κ3) is 5.03. The second-order valence-corrected chi connectivity index (χ2v) is 8.93. The number of carbonyl (C=O) groups is 1. The van der Waals surface area contributed by atoms with Crippen LogP contribution in [-0.4, -0.2) is 27.3 Å². The molecule has 0 spiro atoms. The van der Waals surface area contributed by atoms with Crippen molar-refractivity contribution in [2.24, 2.45) is 0 Å². The summed E-state index contributed by atoms with van der Waals surface area (Å²) >= 11 is 1.57. The van der Waals surface area contributed by atoms with Crippen LogP contribution in [0.1, 0.15) is 42.1 Å². The van der Waals surface area contributed by atoms with Gasteiger partial charge in [0.05, 0.1) is 5.57 Å². The molecule has 1 aliphatic heterocycles. The highest BCUT2D eigenvalue weighted by Crippen LogP contribution is 2.37. The van der Waals surface area contributed by atoms with Crippen molar-refractivity contribution < 1.29 is 9.53 Å². The highest BCUT2D eigenvalue weighted by atomic mass is 32.2. The van der Waals surface area contributed by atoms with Crippen LogP contribution < -0.4 is 5.32 Å². The number of thioether (sulfide) groups is 1. The van der Waals surface area contributed by atoms with Crippen molar-refractivity contribution in [3.05, 3.63) is 94.7 Å². The van der Waals surface area contributed by atoms with Crippen molar-refractivity contribution in [1.82, 2.24) is 14.8 Å². The predicted octanol–water partition coefficient (Wildman–Crippen LogP) is 5.46. The van der Waals surface area contributed by atoms with Gasteiger partial charge in [0.15, 0.2) is 0 Å². The largest absolute Gasteiger partial charge is 0.458 e. The van der Waals surface area contributed by atoms with Gasteiger partial charge >= 0.3 is 5.97 Å². The maximum Gasteiger partial charge on any atom is 0.338 e. The standard InChI is InChI=1S/C26H28N4O2S/c1-5-14-32-24(31)22-18(4)27-25-28-26(33-16-20-9-7-8-17(3)15-20)29-30(25)23(22)21-12-10-19(6-2)11-13-21/h5,7-13,15,23H,1,6,14,16H2,2-4H3,(H,27,28,29)/t23-/m1/s1. The number of carbonyl (C=O) groups excluding carboxylic acids is 1. The number of anilines is 1. The molecule has 1 atom stereocenters. The minimum Gasteiger partial charge on any atom is -0.458 e. The van der Waals surface area contributed by atoms with Crippen molar-refractivity contribution >= 4 is 23.7 Å². The number of allylic oxidation sites excluding steroid dienone is 1. The summed E-state index contributed by atoms with van der Waals surface area (Å²) in [5, 5.41) is 8.68. The number of rotatable bonds is 8. The minimum atomic E-state index is -0.426. The van der Waals surface area contributed by atoms with Gasteiger partial charge in [0, 0.05) is 11.4 Å². The second kappa shape index (κ2) is 10.1. The highest BCUT2D eigenvalue weighted by molar-refractivity contribution is 7.98. The van der Waals surface area contributed by atoms with Crippen molar-refractivity contribution in [2.45, 2.75) is 44.1 Å². The zero-order chi connectivity index (χ0) is 23.4. The molecule has 3 aromatic rings. The summed E-state index contributed by atoms with van der Waals surface area (Å²) in [6, 6.07) is 16.3. The van der Waals surface area contributed by atoms with Crippen LogP contribution in [0.4, 0.5) is 5.95 Å². The summed E-state index contributed by atoms with van der Waals surface area (Å²) in [6.45, 7) is 9.87. The predicted molar refractivity (Wildman–Crippen MR) is 132 cm³/mol. The number of nitrogens with one attached hydrogen (secondary N) is 1. The molecule has 0 saturated heterocycles. The van der Waals surface area contributed by atoms with Gasteiger partial charge in [-0.3, -0.25) is 0 Å². The normalized spacial score (nSPS) is 15.1. The Morgan fingerprint density at radius 3 is 2.70 bits per heavy atom. The zero-order valence-electron chi connectivity index (χ0n) is 19.2. The molecular formula is C26H28N4O2S. The van der Waals surface area contributed by atoms with Gasteiger partial charge in [-0.1, -0.05) is 85.4 Å². The van der Waals surface area contributed by atoms with Crippen LogP contribution in [0.3, 0.4) is 0 Å². The van der Waals surface area contributed by atoms with Crippen LogP contribution >= 0.6 is 11.8 Å². The monoisotopic (exact) mass is 460 g/mol. The van der Waals surface area contributed by atoms with Gasteiger partial charge < -0.3 is 10.1 Å². The fraction of sp³-hybridized carbons (Fsp3) is 0.269. The van der Waals surface area contributed by atoms with Crippen LogP contribution in [0, 0.1) is 6.92 Å². The molecule has 0 bridgehead atoms. The lowest BCUT2D eigenvalue weighted by Crippen LogP contribution is -2.29. The quantitative estimate of drug-likeness (QED) is 0.274. The molecule has 0 amide bonds. The Morgan fingerprint density at radius 1 is 1.21 bits per heavy atom. The smallest absolute Gasteiger partial charge is 0.338 e. The lowest BCUT2D eigenvalue weighted by molar-refractivity contribution is -0.138. The molecule has 33 heavy (non-hydrogen) atoms. The molecule has 4 rings (SSSR count). The van der Waals surface area contributed by atoms with Crippen LogP contribution in [0.2, 0.25) is 0 Å². The number of hydrogen-bond donors (Lipinski definition) is 1. The Bertz CT molecular complexity index is 1200. The molecule has 170 valence electrons. The van der Waals surface area contributed by atoms with E-state index < -0.39 is 6.04 Å². The highest BCUT2D eigenvalue weighted by Gasteiger charge is 2.35. The summed E-state index contributed by atoms with van der Waals surface area (Å²) in [4.78, 5) is 17.7. The van der Waals surface area contributed by atoms with Crippen molar-refractivity contribution in [2.75, 3.05) is 11.9 Å². The van der Waals surface area contributed by atoms with E-state index in [-0.39, 0.29) is 12.6 Å². The molecule has 0 saturated carbocycles. The second-order valence-electron chi connectivity index (χ2n) is 7.99. The SMILES string of the molecule is C=CCOC(=O)C1=C(C)Nc2nc(SCc3cccc(C)c3)nn2[C@@H]1c1ccc(CC)cc1. The van der Waals surface area contributed by atoms with E-state index in [1.54, 1.807) is 22.5 Å². The average Bonchev–Trinajstić information content (AvgIpc) is 3.23. The van der Waals surface area contributed by atoms with E-state index in [2.05, 4.69) is 62.1 Å². The summed E-state index contributed by atoms with van der Waals surface area (Å²) < 4.78 is 7.20. The summed E-state index contributed by atoms with van der Waals surface area (Å²) in [5.41, 5.74) is 5.87.